The Kier molecular flexibility index (Phi) is 3.28. The van der Waals surface area contributed by atoms with E-state index in [1.807, 2.05) is 16.9 Å². The Labute approximate surface area is 126 Å². The van der Waals surface area contributed by atoms with E-state index < -0.39 is 0 Å². The Hall–Kier alpha value is -1.05. The molecule has 0 radical (unpaired) electrons. The molecule has 0 saturated heterocycles. The summed E-state index contributed by atoms with van der Waals surface area (Å²) in [5, 5.41) is 2.86. The lowest BCUT2D eigenvalue weighted by molar-refractivity contribution is 0.616. The number of imidazole rings is 1. The van der Waals surface area contributed by atoms with E-state index in [9.17, 15) is 4.39 Å². The van der Waals surface area contributed by atoms with Gasteiger partial charge in [0.1, 0.15) is 10.8 Å². The average molecular weight is 358 g/mol. The fourth-order valence-electron chi connectivity index (χ4n) is 2.06. The Morgan fingerprint density at radius 2 is 2.32 bits per heavy atom. The summed E-state index contributed by atoms with van der Waals surface area (Å²) < 4.78 is 16.6. The number of hydrogen-bond donors (Lipinski definition) is 1. The summed E-state index contributed by atoms with van der Waals surface area (Å²) in [6, 6.07) is 3.16. The van der Waals surface area contributed by atoms with Crippen LogP contribution in [0.2, 0.25) is 0 Å². The minimum absolute atomic E-state index is 0.0261. The van der Waals surface area contributed by atoms with Gasteiger partial charge in [-0.1, -0.05) is 0 Å². The zero-order chi connectivity index (χ0) is 13.6. The quantitative estimate of drug-likeness (QED) is 0.676. The molecule has 0 amide bonds. The summed E-state index contributed by atoms with van der Waals surface area (Å²) >= 11 is 10.1. The number of rotatable bonds is 2. The van der Waals surface area contributed by atoms with Gasteiger partial charge < -0.3 is 9.55 Å². The van der Waals surface area contributed by atoms with Crippen molar-refractivity contribution in [2.24, 2.45) is 0 Å². The van der Waals surface area contributed by atoms with Gasteiger partial charge in [0.05, 0.1) is 21.5 Å². The summed E-state index contributed by atoms with van der Waals surface area (Å²) in [5.74, 6) is -0.304. The molecular weight excluding hydrogens is 349 g/mol. The van der Waals surface area contributed by atoms with Gasteiger partial charge in [0.15, 0.2) is 4.77 Å². The molecule has 3 aromatic rings. The molecule has 0 saturated carbocycles. The van der Waals surface area contributed by atoms with Crippen LogP contribution in [0.3, 0.4) is 0 Å². The van der Waals surface area contributed by atoms with E-state index in [-0.39, 0.29) is 11.9 Å². The smallest absolute Gasteiger partial charge is 0.178 e. The van der Waals surface area contributed by atoms with Crippen LogP contribution in [0.5, 0.6) is 0 Å². The molecule has 0 aliphatic rings. The topological polar surface area (TPSA) is 33.6 Å². The van der Waals surface area contributed by atoms with Crippen molar-refractivity contribution < 1.29 is 4.39 Å². The maximum atomic E-state index is 13.7. The van der Waals surface area contributed by atoms with E-state index in [0.717, 1.165) is 16.0 Å². The summed E-state index contributed by atoms with van der Waals surface area (Å²) in [6.45, 7) is 2.00. The molecule has 0 spiro atoms. The molecule has 7 heteroatoms. The van der Waals surface area contributed by atoms with Gasteiger partial charge in [0, 0.05) is 17.6 Å². The highest BCUT2D eigenvalue weighted by atomic mass is 79.9. The van der Waals surface area contributed by atoms with Gasteiger partial charge in [0.2, 0.25) is 0 Å². The number of hydrogen-bond acceptors (Lipinski definition) is 3. The van der Waals surface area contributed by atoms with Crippen LogP contribution in [-0.4, -0.2) is 14.5 Å². The Morgan fingerprint density at radius 3 is 3.00 bits per heavy atom. The first-order chi connectivity index (χ1) is 9.08. The fraction of sp³-hybridized carbons (Fsp3) is 0.167. The molecular formula is C12H9BrFN3S2. The SMILES string of the molecule is CC(c1nccs1)n1c(=S)[nH]c2cc(Br)c(F)cc21. The third-order valence-corrected chi connectivity index (χ3v) is 4.81. The molecule has 2 heterocycles. The molecule has 98 valence electrons. The number of H-pyrrole nitrogens is 1. The number of nitrogens with one attached hydrogen (secondary N) is 1. The van der Waals surface area contributed by atoms with Crippen molar-refractivity contribution in [3.8, 4) is 0 Å². The second-order valence-corrected chi connectivity index (χ2v) is 6.30. The third-order valence-electron chi connectivity index (χ3n) is 2.95. The fourth-order valence-corrected chi connectivity index (χ4v) is 3.45. The summed E-state index contributed by atoms with van der Waals surface area (Å²) in [4.78, 5) is 7.39. The number of halogens is 2. The molecule has 3 rings (SSSR count). The normalized spacial score (nSPS) is 13.0. The van der Waals surface area contributed by atoms with Crippen LogP contribution >= 0.6 is 39.5 Å². The van der Waals surface area contributed by atoms with Gasteiger partial charge >= 0.3 is 0 Å². The molecule has 1 N–H and O–H groups in total. The van der Waals surface area contributed by atoms with E-state index in [0.29, 0.717) is 9.24 Å². The van der Waals surface area contributed by atoms with E-state index in [4.69, 9.17) is 12.2 Å². The Balaban J connectivity index is 2.26. The molecule has 1 aromatic carbocycles. The molecule has 1 atom stereocenters. The molecule has 0 aliphatic carbocycles. The summed E-state index contributed by atoms with van der Waals surface area (Å²) in [6.07, 6.45) is 1.76. The second kappa shape index (κ2) is 4.81. The van der Waals surface area contributed by atoms with E-state index >= 15 is 0 Å². The van der Waals surface area contributed by atoms with E-state index in [2.05, 4.69) is 25.9 Å². The highest BCUT2D eigenvalue weighted by Crippen LogP contribution is 2.28. The lowest BCUT2D eigenvalue weighted by Gasteiger charge is -2.11. The van der Waals surface area contributed by atoms with Gasteiger partial charge in [-0.25, -0.2) is 9.37 Å². The number of fused-ring (bicyclic) bond motifs is 1. The first-order valence-electron chi connectivity index (χ1n) is 5.56. The zero-order valence-electron chi connectivity index (χ0n) is 9.85. The number of aromatic nitrogens is 3. The zero-order valence-corrected chi connectivity index (χ0v) is 13.1. The molecule has 0 aliphatic heterocycles. The van der Waals surface area contributed by atoms with Gasteiger partial charge in [-0.3, -0.25) is 0 Å². The molecule has 0 fully saturated rings. The largest absolute Gasteiger partial charge is 0.331 e. The summed E-state index contributed by atoms with van der Waals surface area (Å²) in [7, 11) is 0. The number of nitrogens with zero attached hydrogens (tertiary/aromatic N) is 2. The Bertz CT molecular complexity index is 791. The number of thiazole rings is 1. The highest BCUT2D eigenvalue weighted by Gasteiger charge is 2.16. The van der Waals surface area contributed by atoms with Gasteiger partial charge in [-0.05, 0) is 41.1 Å². The monoisotopic (exact) mass is 357 g/mol. The number of aromatic amines is 1. The highest BCUT2D eigenvalue weighted by molar-refractivity contribution is 9.10. The van der Waals surface area contributed by atoms with Crippen molar-refractivity contribution in [1.29, 1.82) is 0 Å². The van der Waals surface area contributed by atoms with Crippen molar-refractivity contribution in [2.75, 3.05) is 0 Å². The average Bonchev–Trinajstić information content (AvgIpc) is 2.97. The predicted octanol–water partition coefficient (Wildman–Crippen LogP) is 4.67. The van der Waals surface area contributed by atoms with Crippen LogP contribution in [0, 0.1) is 10.6 Å². The molecule has 3 nitrogen and oxygen atoms in total. The van der Waals surface area contributed by atoms with Crippen molar-refractivity contribution in [3.05, 3.63) is 43.8 Å². The molecule has 0 bridgehead atoms. The van der Waals surface area contributed by atoms with E-state index in [1.54, 1.807) is 23.6 Å². The minimum Gasteiger partial charge on any atom is -0.331 e. The number of benzene rings is 1. The van der Waals surface area contributed by atoms with Crippen molar-refractivity contribution >= 4 is 50.5 Å². The van der Waals surface area contributed by atoms with E-state index in [1.165, 1.54) is 6.07 Å². The molecule has 19 heavy (non-hydrogen) atoms. The first-order valence-corrected chi connectivity index (χ1v) is 7.64. The second-order valence-electron chi connectivity index (χ2n) is 4.13. The third kappa shape index (κ3) is 2.15. The van der Waals surface area contributed by atoms with Crippen LogP contribution in [0.4, 0.5) is 4.39 Å². The summed E-state index contributed by atoms with van der Waals surface area (Å²) in [5.41, 5.74) is 1.55. The van der Waals surface area contributed by atoms with Gasteiger partial charge in [-0.15, -0.1) is 11.3 Å². The first kappa shape index (κ1) is 13.0. The maximum Gasteiger partial charge on any atom is 0.178 e. The standard InChI is InChI=1S/C12H9BrFN3S2/c1-6(11-15-2-3-19-11)17-10-5-8(14)7(13)4-9(10)16-12(17)18/h2-6H,1H3,(H,16,18). The predicted molar refractivity (Wildman–Crippen MR) is 80.7 cm³/mol. The van der Waals surface area contributed by atoms with Gasteiger partial charge in [-0.2, -0.15) is 0 Å². The molecule has 2 aromatic heterocycles. The van der Waals surface area contributed by atoms with Crippen LogP contribution in [0.15, 0.2) is 28.2 Å². The van der Waals surface area contributed by atoms with Crippen LogP contribution in [0.25, 0.3) is 11.0 Å². The molecule has 1 unspecified atom stereocenters. The van der Waals surface area contributed by atoms with Gasteiger partial charge in [0.25, 0.3) is 0 Å². The maximum absolute atomic E-state index is 13.7. The van der Waals surface area contributed by atoms with Crippen LogP contribution in [0.1, 0.15) is 18.0 Å². The van der Waals surface area contributed by atoms with Crippen molar-refractivity contribution in [2.45, 2.75) is 13.0 Å². The minimum atomic E-state index is -0.304. The van der Waals surface area contributed by atoms with Crippen LogP contribution < -0.4 is 0 Å². The van der Waals surface area contributed by atoms with Crippen molar-refractivity contribution in [1.82, 2.24) is 14.5 Å². The van der Waals surface area contributed by atoms with Crippen molar-refractivity contribution in [3.63, 3.8) is 0 Å². The lowest BCUT2D eigenvalue weighted by Crippen LogP contribution is -2.06. The Morgan fingerprint density at radius 1 is 1.53 bits per heavy atom. The van der Waals surface area contributed by atoms with Crippen LogP contribution in [-0.2, 0) is 0 Å². The lowest BCUT2D eigenvalue weighted by atomic mass is 10.2.